The lowest BCUT2D eigenvalue weighted by Gasteiger charge is -2.10. The number of anilines is 2. The lowest BCUT2D eigenvalue weighted by Crippen LogP contribution is -2.25. The summed E-state index contributed by atoms with van der Waals surface area (Å²) < 4.78 is 1.29. The van der Waals surface area contributed by atoms with Gasteiger partial charge < -0.3 is 11.1 Å². The Bertz CT molecular complexity index is 722. The first-order valence-electron chi connectivity index (χ1n) is 6.66. The number of aryl methyl sites for hydroxylation is 3. The van der Waals surface area contributed by atoms with Gasteiger partial charge in [-0.1, -0.05) is 6.07 Å². The molecule has 2 aromatic rings. The lowest BCUT2D eigenvalue weighted by atomic mass is 10.2. The predicted octanol–water partition coefficient (Wildman–Crippen LogP) is 1.47. The molecule has 0 radical (unpaired) electrons. The predicted molar refractivity (Wildman–Crippen MR) is 82.1 cm³/mol. The second-order valence-electron chi connectivity index (χ2n) is 4.91. The highest BCUT2D eigenvalue weighted by atomic mass is 16.2. The summed E-state index contributed by atoms with van der Waals surface area (Å²) in [6, 6.07) is 8.43. The number of carbonyl (C=O) groups excluding carboxylic acids is 1. The van der Waals surface area contributed by atoms with E-state index in [0.29, 0.717) is 11.4 Å². The summed E-state index contributed by atoms with van der Waals surface area (Å²) in [6.07, 6.45) is 0.171. The molecule has 1 aromatic carbocycles. The van der Waals surface area contributed by atoms with E-state index in [9.17, 15) is 9.59 Å². The molecular formula is C15H18N4O2. The van der Waals surface area contributed by atoms with Crippen LogP contribution in [0.15, 0.2) is 35.1 Å². The van der Waals surface area contributed by atoms with Crippen LogP contribution in [0.3, 0.4) is 0 Å². The van der Waals surface area contributed by atoms with E-state index in [1.807, 2.05) is 13.0 Å². The maximum atomic E-state index is 12.0. The Balaban J connectivity index is 2.01. The van der Waals surface area contributed by atoms with Crippen molar-refractivity contribution >= 4 is 17.3 Å². The van der Waals surface area contributed by atoms with Gasteiger partial charge in [-0.3, -0.25) is 9.59 Å². The molecule has 0 aliphatic rings. The largest absolute Gasteiger partial charge is 0.399 e. The zero-order valence-electron chi connectivity index (χ0n) is 12.1. The number of rotatable bonds is 4. The van der Waals surface area contributed by atoms with Crippen molar-refractivity contribution < 1.29 is 4.79 Å². The fraction of sp³-hybridized carbons (Fsp3) is 0.267. The van der Waals surface area contributed by atoms with Gasteiger partial charge in [0.25, 0.3) is 5.56 Å². The molecule has 0 fully saturated rings. The molecule has 1 amide bonds. The fourth-order valence-electron chi connectivity index (χ4n) is 1.91. The molecule has 0 aliphatic carbocycles. The quantitative estimate of drug-likeness (QED) is 0.833. The molecule has 0 atom stereocenters. The van der Waals surface area contributed by atoms with Crippen molar-refractivity contribution in [2.45, 2.75) is 26.8 Å². The second kappa shape index (κ2) is 6.21. The van der Waals surface area contributed by atoms with Crippen LogP contribution in [0.5, 0.6) is 0 Å². The summed E-state index contributed by atoms with van der Waals surface area (Å²) in [6.45, 7) is 3.93. The van der Waals surface area contributed by atoms with E-state index in [0.717, 1.165) is 11.3 Å². The van der Waals surface area contributed by atoms with Crippen LogP contribution in [0.2, 0.25) is 0 Å². The van der Waals surface area contributed by atoms with Crippen molar-refractivity contribution in [3.8, 4) is 0 Å². The van der Waals surface area contributed by atoms with E-state index < -0.39 is 0 Å². The molecule has 0 saturated heterocycles. The molecule has 3 N–H and O–H groups in total. The van der Waals surface area contributed by atoms with E-state index in [4.69, 9.17) is 5.73 Å². The number of benzene rings is 1. The number of amides is 1. The number of nitrogens with one attached hydrogen (secondary N) is 1. The second-order valence-corrected chi connectivity index (χ2v) is 4.91. The van der Waals surface area contributed by atoms with Gasteiger partial charge in [-0.25, -0.2) is 4.68 Å². The molecule has 0 aliphatic heterocycles. The van der Waals surface area contributed by atoms with E-state index >= 15 is 0 Å². The highest BCUT2D eigenvalue weighted by Crippen LogP contribution is 2.18. The average molecular weight is 286 g/mol. The van der Waals surface area contributed by atoms with Gasteiger partial charge in [0, 0.05) is 23.9 Å². The number of carbonyl (C=O) groups is 1. The third-order valence-corrected chi connectivity index (χ3v) is 3.09. The highest BCUT2D eigenvalue weighted by molar-refractivity contribution is 5.91. The summed E-state index contributed by atoms with van der Waals surface area (Å²) in [4.78, 5) is 23.5. The van der Waals surface area contributed by atoms with E-state index in [1.54, 1.807) is 25.1 Å². The minimum atomic E-state index is -0.214. The average Bonchev–Trinajstić information content (AvgIpc) is 2.44. The van der Waals surface area contributed by atoms with Gasteiger partial charge in [-0.15, -0.1) is 0 Å². The number of hydrogen-bond donors (Lipinski definition) is 2. The number of aromatic nitrogens is 2. The molecule has 6 nitrogen and oxygen atoms in total. The molecule has 0 unspecified atom stereocenters. The Morgan fingerprint density at radius 2 is 2.05 bits per heavy atom. The van der Waals surface area contributed by atoms with Crippen molar-refractivity contribution in [2.24, 2.45) is 0 Å². The third kappa shape index (κ3) is 3.92. The van der Waals surface area contributed by atoms with Gasteiger partial charge in [0.05, 0.1) is 12.2 Å². The Kier molecular flexibility index (Phi) is 4.37. The number of nitrogens with zero attached hydrogens (tertiary/aromatic N) is 2. The molecule has 2 rings (SSSR count). The Hall–Kier alpha value is -2.63. The minimum Gasteiger partial charge on any atom is -0.399 e. The van der Waals surface area contributed by atoms with Crippen molar-refractivity contribution in [1.29, 1.82) is 0 Å². The Morgan fingerprint density at radius 1 is 1.29 bits per heavy atom. The van der Waals surface area contributed by atoms with Crippen LogP contribution >= 0.6 is 0 Å². The zero-order valence-corrected chi connectivity index (χ0v) is 12.1. The minimum absolute atomic E-state index is 0.171. The maximum Gasteiger partial charge on any atom is 0.266 e. The number of hydrogen-bond acceptors (Lipinski definition) is 4. The van der Waals surface area contributed by atoms with Crippen LogP contribution in [0.1, 0.15) is 17.7 Å². The molecule has 6 heteroatoms. The molecule has 0 saturated carbocycles. The summed E-state index contributed by atoms with van der Waals surface area (Å²) in [5.41, 5.74) is 8.43. The topological polar surface area (TPSA) is 90.0 Å². The van der Waals surface area contributed by atoms with E-state index in [1.165, 1.54) is 10.7 Å². The molecule has 110 valence electrons. The standard InChI is InChI=1S/C15H18N4O2/c1-10-3-5-12(16)9-13(10)17-14(20)7-8-19-15(21)6-4-11(2)18-19/h3-6,9H,7-8,16H2,1-2H3,(H,17,20). The summed E-state index contributed by atoms with van der Waals surface area (Å²) >= 11 is 0. The van der Waals surface area contributed by atoms with E-state index in [-0.39, 0.29) is 24.4 Å². The van der Waals surface area contributed by atoms with Crippen molar-refractivity contribution in [1.82, 2.24) is 9.78 Å². The van der Waals surface area contributed by atoms with Gasteiger partial charge >= 0.3 is 0 Å². The van der Waals surface area contributed by atoms with Crippen LogP contribution in [0.4, 0.5) is 11.4 Å². The highest BCUT2D eigenvalue weighted by Gasteiger charge is 2.07. The first-order chi connectivity index (χ1) is 9.95. The van der Waals surface area contributed by atoms with Gasteiger partial charge in [0.1, 0.15) is 0 Å². The van der Waals surface area contributed by atoms with Crippen molar-refractivity contribution in [3.63, 3.8) is 0 Å². The van der Waals surface area contributed by atoms with Crippen LogP contribution in [-0.2, 0) is 11.3 Å². The van der Waals surface area contributed by atoms with Crippen molar-refractivity contribution in [3.05, 3.63) is 51.9 Å². The van der Waals surface area contributed by atoms with Gasteiger partial charge in [-0.2, -0.15) is 5.10 Å². The molecule has 21 heavy (non-hydrogen) atoms. The smallest absolute Gasteiger partial charge is 0.266 e. The van der Waals surface area contributed by atoms with Gasteiger partial charge in [0.15, 0.2) is 0 Å². The number of nitrogen functional groups attached to an aromatic ring is 1. The number of nitrogens with two attached hydrogens (primary N) is 1. The monoisotopic (exact) mass is 286 g/mol. The summed E-state index contributed by atoms with van der Waals surface area (Å²) in [7, 11) is 0. The molecule has 1 aromatic heterocycles. The van der Waals surface area contributed by atoms with Crippen LogP contribution < -0.4 is 16.6 Å². The summed E-state index contributed by atoms with van der Waals surface area (Å²) in [5.74, 6) is -0.182. The van der Waals surface area contributed by atoms with Crippen LogP contribution in [0.25, 0.3) is 0 Å². The van der Waals surface area contributed by atoms with Gasteiger partial charge in [0.2, 0.25) is 5.91 Å². The summed E-state index contributed by atoms with van der Waals surface area (Å²) in [5, 5.41) is 6.88. The van der Waals surface area contributed by atoms with Crippen molar-refractivity contribution in [2.75, 3.05) is 11.1 Å². The normalized spacial score (nSPS) is 10.4. The lowest BCUT2D eigenvalue weighted by molar-refractivity contribution is -0.116. The molecule has 0 bridgehead atoms. The van der Waals surface area contributed by atoms with E-state index in [2.05, 4.69) is 10.4 Å². The van der Waals surface area contributed by atoms with Gasteiger partial charge in [-0.05, 0) is 37.6 Å². The Labute approximate surface area is 122 Å². The van der Waals surface area contributed by atoms with Crippen LogP contribution in [-0.4, -0.2) is 15.7 Å². The molecule has 1 heterocycles. The SMILES string of the molecule is Cc1ccc(=O)n(CCC(=O)Nc2cc(N)ccc2C)n1. The third-order valence-electron chi connectivity index (χ3n) is 3.09. The molecule has 0 spiro atoms. The maximum absolute atomic E-state index is 12.0. The Morgan fingerprint density at radius 3 is 2.81 bits per heavy atom. The first-order valence-corrected chi connectivity index (χ1v) is 6.66. The first kappa shape index (κ1) is 14.8. The fourth-order valence-corrected chi connectivity index (χ4v) is 1.91. The van der Waals surface area contributed by atoms with Crippen LogP contribution in [0, 0.1) is 13.8 Å². The zero-order chi connectivity index (χ0) is 15.4. The molecular weight excluding hydrogens is 268 g/mol.